The lowest BCUT2D eigenvalue weighted by atomic mass is 9.47. The molecular formula is C29H47N3O2. The number of rotatable bonds is 8. The smallest absolute Gasteiger partial charge is 0.302 e. The van der Waals surface area contributed by atoms with Crippen LogP contribution in [0.15, 0.2) is 16.8 Å². The Morgan fingerprint density at radius 3 is 2.71 bits per heavy atom. The van der Waals surface area contributed by atoms with Crippen LogP contribution < -0.4 is 0 Å². The van der Waals surface area contributed by atoms with E-state index in [0.717, 1.165) is 42.4 Å². The van der Waals surface area contributed by atoms with E-state index in [1.54, 1.807) is 12.5 Å². The molecular weight excluding hydrogens is 422 g/mol. The molecule has 0 N–H and O–H groups in total. The van der Waals surface area contributed by atoms with Gasteiger partial charge in [-0.25, -0.2) is 0 Å². The minimum atomic E-state index is -0.132. The number of nitrogens with zero attached hydrogens (tertiary/aromatic N) is 3. The van der Waals surface area contributed by atoms with Gasteiger partial charge in [0.15, 0.2) is 0 Å². The van der Waals surface area contributed by atoms with Gasteiger partial charge in [-0.1, -0.05) is 63.7 Å². The van der Waals surface area contributed by atoms with Crippen molar-refractivity contribution in [2.75, 3.05) is 6.54 Å². The summed E-state index contributed by atoms with van der Waals surface area (Å²) in [6.45, 7) is 12.1. The van der Waals surface area contributed by atoms with Crippen molar-refractivity contribution >= 4 is 5.97 Å². The third kappa shape index (κ3) is 4.79. The van der Waals surface area contributed by atoms with Crippen LogP contribution in [-0.4, -0.2) is 18.6 Å². The zero-order valence-electron chi connectivity index (χ0n) is 22.3. The Bertz CT molecular complexity index is 833. The van der Waals surface area contributed by atoms with Gasteiger partial charge in [0.1, 0.15) is 6.10 Å². The monoisotopic (exact) mass is 469 g/mol. The van der Waals surface area contributed by atoms with Gasteiger partial charge in [-0.3, -0.25) is 4.79 Å². The van der Waals surface area contributed by atoms with Crippen molar-refractivity contribution in [2.24, 2.45) is 51.5 Å². The van der Waals surface area contributed by atoms with Gasteiger partial charge in [-0.2, -0.15) is 0 Å². The molecule has 9 atom stereocenters. The minimum Gasteiger partial charge on any atom is -0.462 e. The fourth-order valence-corrected chi connectivity index (χ4v) is 9.19. The molecule has 0 bridgehead atoms. The standard InChI is InChI=1S/C29H47N3O2/c1-19(18-31-32-30)7-6-8-20(2)25-11-12-26-24-10-9-22-17-23(34-21(3)33)13-15-28(22,4)27(24)14-16-29(25,26)5/h9,19-20,23-27H,6-8,10-18H2,1-5H3/t19?,20-,23+,24+,25-,26+,27+,28+,29-/m1/s1. The third-order valence-corrected chi connectivity index (χ3v) is 11.0. The van der Waals surface area contributed by atoms with E-state index in [2.05, 4.69) is 43.8 Å². The quantitative estimate of drug-likeness (QED) is 0.118. The van der Waals surface area contributed by atoms with Crippen LogP contribution in [0.2, 0.25) is 0 Å². The second-order valence-corrected chi connectivity index (χ2v) is 12.9. The van der Waals surface area contributed by atoms with Gasteiger partial charge in [0.25, 0.3) is 0 Å². The second kappa shape index (κ2) is 10.2. The van der Waals surface area contributed by atoms with E-state index >= 15 is 0 Å². The molecule has 1 unspecified atom stereocenters. The zero-order valence-corrected chi connectivity index (χ0v) is 22.3. The molecule has 0 heterocycles. The fourth-order valence-electron chi connectivity index (χ4n) is 9.19. The van der Waals surface area contributed by atoms with Crippen LogP contribution in [0.5, 0.6) is 0 Å². The largest absolute Gasteiger partial charge is 0.462 e. The lowest BCUT2D eigenvalue weighted by Crippen LogP contribution is -2.51. The maximum Gasteiger partial charge on any atom is 0.302 e. The van der Waals surface area contributed by atoms with Crippen molar-refractivity contribution in [3.63, 3.8) is 0 Å². The lowest BCUT2D eigenvalue weighted by Gasteiger charge is -2.58. The maximum absolute atomic E-state index is 11.5. The fraction of sp³-hybridized carbons (Fsp3) is 0.897. The van der Waals surface area contributed by atoms with E-state index in [9.17, 15) is 4.79 Å². The van der Waals surface area contributed by atoms with Crippen LogP contribution in [0.4, 0.5) is 0 Å². The Hall–Kier alpha value is -1.48. The van der Waals surface area contributed by atoms with Crippen molar-refractivity contribution in [1.82, 2.24) is 0 Å². The summed E-state index contributed by atoms with van der Waals surface area (Å²) in [5, 5.41) is 3.76. The zero-order chi connectivity index (χ0) is 24.5. The summed E-state index contributed by atoms with van der Waals surface area (Å²) < 4.78 is 5.61. The van der Waals surface area contributed by atoms with E-state index in [0.29, 0.717) is 23.3 Å². The number of fused-ring (bicyclic) bond motifs is 5. The summed E-state index contributed by atoms with van der Waals surface area (Å²) in [5.74, 6) is 4.49. The van der Waals surface area contributed by atoms with Crippen molar-refractivity contribution in [1.29, 1.82) is 0 Å². The first-order valence-corrected chi connectivity index (χ1v) is 14.1. The normalized spacial score (nSPS) is 40.6. The van der Waals surface area contributed by atoms with Gasteiger partial charge in [0.05, 0.1) is 0 Å². The summed E-state index contributed by atoms with van der Waals surface area (Å²) >= 11 is 0. The lowest BCUT2D eigenvalue weighted by molar-refractivity contribution is -0.148. The molecule has 0 aliphatic heterocycles. The van der Waals surface area contributed by atoms with Crippen LogP contribution in [0.3, 0.4) is 0 Å². The Morgan fingerprint density at radius 2 is 1.97 bits per heavy atom. The molecule has 3 saturated carbocycles. The molecule has 0 aromatic heterocycles. The summed E-state index contributed by atoms with van der Waals surface area (Å²) in [6, 6.07) is 0. The molecule has 0 aromatic rings. The third-order valence-electron chi connectivity index (χ3n) is 11.0. The Labute approximate surface area is 207 Å². The number of ether oxygens (including phenoxy) is 1. The summed E-state index contributed by atoms with van der Waals surface area (Å²) in [6.07, 6.45) is 16.4. The predicted molar refractivity (Wildman–Crippen MR) is 137 cm³/mol. The molecule has 0 aromatic carbocycles. The molecule has 5 nitrogen and oxygen atoms in total. The van der Waals surface area contributed by atoms with Gasteiger partial charge >= 0.3 is 5.97 Å². The molecule has 190 valence electrons. The molecule has 4 rings (SSSR count). The van der Waals surface area contributed by atoms with Crippen molar-refractivity contribution < 1.29 is 9.53 Å². The van der Waals surface area contributed by atoms with Crippen molar-refractivity contribution in [3.8, 4) is 0 Å². The highest BCUT2D eigenvalue weighted by Crippen LogP contribution is 2.67. The van der Waals surface area contributed by atoms with Crippen LogP contribution in [0.1, 0.15) is 105 Å². The first kappa shape index (κ1) is 25.6. The highest BCUT2D eigenvalue weighted by molar-refractivity contribution is 5.66. The SMILES string of the molecule is CC(=O)O[C@H]1CC[C@@]2(C)C(=CC[C@H]3[C@@H]4CC[C@H]([C@H](C)CCCC(C)CN=[N+]=[N-])[C@@]4(C)CC[C@@H]32)C1. The molecule has 4 aliphatic rings. The van der Waals surface area contributed by atoms with Gasteiger partial charge < -0.3 is 4.74 Å². The summed E-state index contributed by atoms with van der Waals surface area (Å²) in [4.78, 5) is 14.4. The average molecular weight is 470 g/mol. The highest BCUT2D eigenvalue weighted by Gasteiger charge is 2.59. The molecule has 34 heavy (non-hydrogen) atoms. The van der Waals surface area contributed by atoms with E-state index in [-0.39, 0.29) is 12.1 Å². The van der Waals surface area contributed by atoms with Crippen molar-refractivity contribution in [3.05, 3.63) is 22.1 Å². The topological polar surface area (TPSA) is 75.1 Å². The Balaban J connectivity index is 1.40. The first-order valence-electron chi connectivity index (χ1n) is 14.1. The Morgan fingerprint density at radius 1 is 1.18 bits per heavy atom. The number of carbonyl (C=O) groups excluding carboxylic acids is 1. The highest BCUT2D eigenvalue weighted by atomic mass is 16.5. The van der Waals surface area contributed by atoms with Crippen molar-refractivity contribution in [2.45, 2.75) is 111 Å². The van der Waals surface area contributed by atoms with E-state index < -0.39 is 0 Å². The number of hydrogen-bond acceptors (Lipinski definition) is 3. The van der Waals surface area contributed by atoms with Gasteiger partial charge in [-0.05, 0) is 96.8 Å². The molecule has 0 amide bonds. The molecule has 0 saturated heterocycles. The predicted octanol–water partition coefficient (Wildman–Crippen LogP) is 8.25. The number of azide groups is 1. The maximum atomic E-state index is 11.5. The van der Waals surface area contributed by atoms with Crippen LogP contribution in [0, 0.1) is 46.3 Å². The summed E-state index contributed by atoms with van der Waals surface area (Å²) in [7, 11) is 0. The number of allylic oxidation sites excluding steroid dienone is 1. The molecule has 0 spiro atoms. The molecule has 0 radical (unpaired) electrons. The van der Waals surface area contributed by atoms with Crippen LogP contribution in [0.25, 0.3) is 10.4 Å². The van der Waals surface area contributed by atoms with Crippen LogP contribution in [-0.2, 0) is 9.53 Å². The number of carbonyl (C=O) groups is 1. The average Bonchev–Trinajstić information content (AvgIpc) is 3.15. The van der Waals surface area contributed by atoms with Gasteiger partial charge in [0.2, 0.25) is 0 Å². The molecule has 5 heteroatoms. The van der Waals surface area contributed by atoms with E-state index in [4.69, 9.17) is 10.3 Å². The minimum absolute atomic E-state index is 0.0911. The summed E-state index contributed by atoms with van der Waals surface area (Å²) in [5.41, 5.74) is 10.9. The first-order chi connectivity index (χ1) is 16.2. The number of esters is 1. The molecule has 4 aliphatic carbocycles. The Kier molecular flexibility index (Phi) is 7.72. The van der Waals surface area contributed by atoms with E-state index in [1.165, 1.54) is 57.8 Å². The second-order valence-electron chi connectivity index (χ2n) is 12.9. The van der Waals surface area contributed by atoms with Crippen LogP contribution >= 0.6 is 0 Å². The van der Waals surface area contributed by atoms with Gasteiger partial charge in [-0.15, -0.1) is 0 Å². The molecule has 3 fully saturated rings. The number of hydrogen-bond donors (Lipinski definition) is 0. The van der Waals surface area contributed by atoms with Gasteiger partial charge in [0, 0.05) is 24.8 Å². The van der Waals surface area contributed by atoms with E-state index in [1.807, 2.05) is 0 Å².